The van der Waals surface area contributed by atoms with Crippen molar-refractivity contribution >= 4 is 5.91 Å². The summed E-state index contributed by atoms with van der Waals surface area (Å²) >= 11 is 0. The van der Waals surface area contributed by atoms with Gasteiger partial charge in [-0.1, -0.05) is 18.0 Å². The molecule has 0 aliphatic carbocycles. The number of azide groups is 1. The molecule has 1 fully saturated rings. The molecular formula is C16H30N4O7. The average Bonchev–Trinajstić information content (AvgIpc) is 2.67. The van der Waals surface area contributed by atoms with Crippen LogP contribution in [0.5, 0.6) is 0 Å². The Morgan fingerprint density at radius 3 is 2.56 bits per heavy atom. The van der Waals surface area contributed by atoms with Crippen LogP contribution < -0.4 is 5.32 Å². The topological polar surface area (TPSA) is 177 Å². The molecule has 0 aromatic carbocycles. The molecule has 1 aliphatic rings. The van der Waals surface area contributed by atoms with Crippen molar-refractivity contribution < 1.29 is 34.7 Å². The van der Waals surface area contributed by atoms with Crippen LogP contribution in [0.2, 0.25) is 0 Å². The zero-order valence-electron chi connectivity index (χ0n) is 15.3. The van der Waals surface area contributed by atoms with Gasteiger partial charge in [0.1, 0.15) is 24.4 Å². The first-order chi connectivity index (χ1) is 13.0. The number of aliphatic hydroxyl groups is 4. The number of nitrogens with one attached hydrogen (secondary N) is 1. The summed E-state index contributed by atoms with van der Waals surface area (Å²) in [6, 6.07) is 0. The number of aliphatic hydroxyl groups excluding tert-OH is 4. The number of hydrogen-bond donors (Lipinski definition) is 5. The maximum absolute atomic E-state index is 11.7. The summed E-state index contributed by atoms with van der Waals surface area (Å²) in [5, 5.41) is 44.5. The Balaban J connectivity index is 2.08. The quantitative estimate of drug-likeness (QED) is 0.122. The van der Waals surface area contributed by atoms with E-state index >= 15 is 0 Å². The van der Waals surface area contributed by atoms with E-state index in [9.17, 15) is 20.1 Å². The molecule has 156 valence electrons. The molecule has 1 heterocycles. The second kappa shape index (κ2) is 13.7. The molecular weight excluding hydrogens is 360 g/mol. The van der Waals surface area contributed by atoms with E-state index in [-0.39, 0.29) is 18.9 Å². The van der Waals surface area contributed by atoms with E-state index in [4.69, 9.17) is 20.1 Å². The third-order valence-electron chi connectivity index (χ3n) is 4.25. The Morgan fingerprint density at radius 1 is 1.11 bits per heavy atom. The van der Waals surface area contributed by atoms with E-state index in [0.717, 1.165) is 25.7 Å². The number of rotatable bonds is 13. The highest BCUT2D eigenvalue weighted by molar-refractivity contribution is 5.75. The molecule has 1 saturated heterocycles. The van der Waals surface area contributed by atoms with Gasteiger partial charge in [0.2, 0.25) is 5.91 Å². The van der Waals surface area contributed by atoms with Crippen LogP contribution in [-0.2, 0) is 14.3 Å². The highest BCUT2D eigenvalue weighted by atomic mass is 16.7. The molecule has 0 unspecified atom stereocenters. The first-order valence-corrected chi connectivity index (χ1v) is 9.21. The predicted octanol–water partition coefficient (Wildman–Crippen LogP) is -0.430. The number of nitrogens with zero attached hydrogens (tertiary/aromatic N) is 3. The van der Waals surface area contributed by atoms with Crippen molar-refractivity contribution in [3.8, 4) is 0 Å². The molecule has 27 heavy (non-hydrogen) atoms. The van der Waals surface area contributed by atoms with Crippen LogP contribution in [0.15, 0.2) is 5.11 Å². The van der Waals surface area contributed by atoms with Crippen molar-refractivity contribution in [3.63, 3.8) is 0 Å². The number of unbranched alkanes of at least 4 members (excludes halogenated alkanes) is 3. The molecule has 1 amide bonds. The minimum atomic E-state index is -1.48. The van der Waals surface area contributed by atoms with Gasteiger partial charge in [-0.2, -0.15) is 0 Å². The Hall–Kier alpha value is -1.46. The second-order valence-electron chi connectivity index (χ2n) is 6.39. The summed E-state index contributed by atoms with van der Waals surface area (Å²) in [4.78, 5) is 14.4. The molecule has 1 rings (SSSR count). The molecule has 0 bridgehead atoms. The average molecular weight is 390 g/mol. The van der Waals surface area contributed by atoms with E-state index in [1.54, 1.807) is 0 Å². The Labute approximate surface area is 157 Å². The number of amides is 1. The van der Waals surface area contributed by atoms with Crippen LogP contribution in [0.3, 0.4) is 0 Å². The van der Waals surface area contributed by atoms with Gasteiger partial charge in [0, 0.05) is 24.4 Å². The Morgan fingerprint density at radius 2 is 1.85 bits per heavy atom. The fraction of sp³-hybridized carbons (Fsp3) is 0.938. The van der Waals surface area contributed by atoms with Crippen LogP contribution in [0.25, 0.3) is 10.4 Å². The van der Waals surface area contributed by atoms with Gasteiger partial charge in [-0.15, -0.1) is 0 Å². The zero-order chi connectivity index (χ0) is 20.1. The number of carbonyl (C=O) groups is 1. The maximum atomic E-state index is 11.7. The Bertz CT molecular complexity index is 474. The van der Waals surface area contributed by atoms with Crippen molar-refractivity contribution in [2.24, 2.45) is 5.11 Å². The summed E-state index contributed by atoms with van der Waals surface area (Å²) in [6.45, 7) is 0.680. The van der Waals surface area contributed by atoms with Crippen LogP contribution in [0.1, 0.15) is 38.5 Å². The Kier molecular flexibility index (Phi) is 11.9. The lowest BCUT2D eigenvalue weighted by Gasteiger charge is -2.39. The minimum Gasteiger partial charge on any atom is -0.394 e. The van der Waals surface area contributed by atoms with E-state index in [1.165, 1.54) is 0 Å². The number of hydrogen-bond acceptors (Lipinski definition) is 8. The van der Waals surface area contributed by atoms with E-state index < -0.39 is 37.3 Å². The molecule has 5 N–H and O–H groups in total. The highest BCUT2D eigenvalue weighted by Gasteiger charge is 2.43. The van der Waals surface area contributed by atoms with E-state index in [2.05, 4.69) is 15.3 Å². The van der Waals surface area contributed by atoms with Gasteiger partial charge < -0.3 is 35.2 Å². The zero-order valence-corrected chi connectivity index (χ0v) is 15.3. The maximum Gasteiger partial charge on any atom is 0.220 e. The van der Waals surface area contributed by atoms with Crippen molar-refractivity contribution in [2.75, 3.05) is 26.3 Å². The molecule has 0 aromatic heterocycles. The van der Waals surface area contributed by atoms with Crippen LogP contribution >= 0.6 is 0 Å². The van der Waals surface area contributed by atoms with Gasteiger partial charge in [0.25, 0.3) is 0 Å². The monoisotopic (exact) mass is 390 g/mol. The SMILES string of the molecule is [N-]=[N+]=NCCCCCCNC(=O)CCCO[C@H]1O[C@H](CO)[C@@H](O)[C@H](O)[C@@H]1O. The van der Waals surface area contributed by atoms with Gasteiger partial charge >= 0.3 is 0 Å². The molecule has 0 saturated carbocycles. The summed E-state index contributed by atoms with van der Waals surface area (Å²) in [6.07, 6.45) is -2.29. The summed E-state index contributed by atoms with van der Waals surface area (Å²) < 4.78 is 10.5. The van der Waals surface area contributed by atoms with Crippen LogP contribution in [0, 0.1) is 0 Å². The summed E-state index contributed by atoms with van der Waals surface area (Å²) in [5.74, 6) is -0.110. The lowest BCUT2D eigenvalue weighted by Crippen LogP contribution is -2.59. The van der Waals surface area contributed by atoms with Gasteiger partial charge in [0.05, 0.1) is 13.2 Å². The lowest BCUT2D eigenvalue weighted by molar-refractivity contribution is -0.301. The summed E-state index contributed by atoms with van der Waals surface area (Å²) in [5.41, 5.74) is 8.14. The van der Waals surface area contributed by atoms with Gasteiger partial charge in [-0.25, -0.2) is 0 Å². The largest absolute Gasteiger partial charge is 0.394 e. The first-order valence-electron chi connectivity index (χ1n) is 9.21. The summed E-state index contributed by atoms with van der Waals surface area (Å²) in [7, 11) is 0. The molecule has 11 nitrogen and oxygen atoms in total. The van der Waals surface area contributed by atoms with E-state index in [1.807, 2.05) is 0 Å². The van der Waals surface area contributed by atoms with Gasteiger partial charge in [-0.3, -0.25) is 4.79 Å². The smallest absolute Gasteiger partial charge is 0.220 e. The highest BCUT2D eigenvalue weighted by Crippen LogP contribution is 2.22. The normalized spacial score (nSPS) is 27.8. The molecule has 0 radical (unpaired) electrons. The molecule has 0 spiro atoms. The third kappa shape index (κ3) is 8.85. The lowest BCUT2D eigenvalue weighted by atomic mass is 9.99. The van der Waals surface area contributed by atoms with Gasteiger partial charge in [-0.05, 0) is 24.8 Å². The second-order valence-corrected chi connectivity index (χ2v) is 6.39. The number of carbonyl (C=O) groups excluding carboxylic acids is 1. The van der Waals surface area contributed by atoms with Crippen LogP contribution in [-0.4, -0.2) is 83.3 Å². The van der Waals surface area contributed by atoms with Crippen molar-refractivity contribution in [2.45, 2.75) is 69.2 Å². The predicted molar refractivity (Wildman–Crippen MR) is 94.4 cm³/mol. The third-order valence-corrected chi connectivity index (χ3v) is 4.25. The van der Waals surface area contributed by atoms with Crippen molar-refractivity contribution in [1.29, 1.82) is 0 Å². The molecule has 1 aliphatic heterocycles. The fourth-order valence-electron chi connectivity index (χ4n) is 2.66. The van der Waals surface area contributed by atoms with Crippen molar-refractivity contribution in [1.82, 2.24) is 5.32 Å². The van der Waals surface area contributed by atoms with Crippen molar-refractivity contribution in [3.05, 3.63) is 10.4 Å². The first kappa shape index (κ1) is 23.6. The minimum absolute atomic E-state index is 0.110. The molecule has 11 heteroatoms. The number of ether oxygens (including phenoxy) is 2. The van der Waals surface area contributed by atoms with E-state index in [0.29, 0.717) is 19.5 Å². The van der Waals surface area contributed by atoms with Crippen LogP contribution in [0.4, 0.5) is 0 Å². The van der Waals surface area contributed by atoms with Gasteiger partial charge in [0.15, 0.2) is 6.29 Å². The standard InChI is InChI=1S/C16H30N4O7/c17-20-19-8-4-2-1-3-7-18-12(22)6-5-9-26-16-15(25)14(24)13(23)11(10-21)27-16/h11,13-16,21,23-25H,1-10H2,(H,18,22)/t11-,13-,14+,15+,16+/m1/s1. The fourth-order valence-corrected chi connectivity index (χ4v) is 2.66. The molecule has 0 aromatic rings. The molecule has 5 atom stereocenters.